The molecule has 0 radical (unpaired) electrons. The Morgan fingerprint density at radius 2 is 2.35 bits per heavy atom. The number of halogens is 1. The van der Waals surface area contributed by atoms with Crippen molar-refractivity contribution in [2.75, 3.05) is 6.54 Å². The van der Waals surface area contributed by atoms with Gasteiger partial charge in [-0.1, -0.05) is 22.9 Å². The van der Waals surface area contributed by atoms with Gasteiger partial charge in [0, 0.05) is 33.5 Å². The molecule has 0 bridgehead atoms. The van der Waals surface area contributed by atoms with Gasteiger partial charge < -0.3 is 10.3 Å². The first-order valence-electron chi connectivity index (χ1n) is 6.30. The molecule has 2 N–H and O–H groups in total. The Morgan fingerprint density at radius 3 is 3.18 bits per heavy atom. The van der Waals surface area contributed by atoms with Crippen LogP contribution in [0.15, 0.2) is 22.7 Å². The van der Waals surface area contributed by atoms with Gasteiger partial charge in [-0.3, -0.25) is 0 Å². The molecule has 90 valence electrons. The van der Waals surface area contributed by atoms with E-state index in [-0.39, 0.29) is 0 Å². The van der Waals surface area contributed by atoms with Crippen LogP contribution >= 0.6 is 15.9 Å². The molecule has 0 amide bonds. The highest BCUT2D eigenvalue weighted by Gasteiger charge is 2.21. The van der Waals surface area contributed by atoms with E-state index in [1.165, 1.54) is 39.5 Å². The fourth-order valence-electron chi connectivity index (χ4n) is 2.87. The summed E-state index contributed by atoms with van der Waals surface area (Å²) in [6.45, 7) is 3.24. The van der Waals surface area contributed by atoms with Crippen LogP contribution in [0.25, 0.3) is 10.9 Å². The first-order chi connectivity index (χ1) is 8.28. The first-order valence-corrected chi connectivity index (χ1v) is 7.09. The van der Waals surface area contributed by atoms with E-state index in [2.05, 4.69) is 51.4 Å². The molecular formula is C14H17BrN2. The minimum absolute atomic E-state index is 0.643. The third-order valence-corrected chi connectivity index (χ3v) is 4.14. The van der Waals surface area contributed by atoms with Crippen molar-refractivity contribution in [1.82, 2.24) is 10.3 Å². The van der Waals surface area contributed by atoms with Gasteiger partial charge in [-0.05, 0) is 43.1 Å². The Morgan fingerprint density at radius 1 is 1.47 bits per heavy atom. The van der Waals surface area contributed by atoms with E-state index in [1.807, 2.05) is 0 Å². The van der Waals surface area contributed by atoms with E-state index in [0.717, 1.165) is 13.0 Å². The molecule has 1 aromatic carbocycles. The molecule has 1 aliphatic rings. The van der Waals surface area contributed by atoms with Crippen molar-refractivity contribution in [2.45, 2.75) is 32.2 Å². The molecule has 2 aromatic rings. The summed E-state index contributed by atoms with van der Waals surface area (Å²) < 4.78 is 1.17. The highest BCUT2D eigenvalue weighted by Crippen LogP contribution is 2.30. The second-order valence-corrected chi connectivity index (χ2v) is 5.69. The van der Waals surface area contributed by atoms with E-state index in [4.69, 9.17) is 0 Å². The number of benzene rings is 1. The number of fused-ring (bicyclic) bond motifs is 3. The van der Waals surface area contributed by atoms with Gasteiger partial charge in [-0.15, -0.1) is 0 Å². The predicted molar refractivity (Wildman–Crippen MR) is 75.5 cm³/mol. The van der Waals surface area contributed by atoms with Crippen LogP contribution in [0.4, 0.5) is 0 Å². The molecule has 17 heavy (non-hydrogen) atoms. The summed E-state index contributed by atoms with van der Waals surface area (Å²) in [5.41, 5.74) is 4.22. The van der Waals surface area contributed by atoms with E-state index < -0.39 is 0 Å². The smallest absolute Gasteiger partial charge is 0.0459 e. The summed E-state index contributed by atoms with van der Waals surface area (Å²) in [5, 5.41) is 4.94. The third kappa shape index (κ3) is 2.02. The Labute approximate surface area is 110 Å². The molecule has 0 fully saturated rings. The van der Waals surface area contributed by atoms with E-state index in [0.29, 0.717) is 6.04 Å². The Hall–Kier alpha value is -0.800. The number of aromatic nitrogens is 1. The molecule has 0 aliphatic heterocycles. The fraction of sp³-hybridized carbons (Fsp3) is 0.429. The van der Waals surface area contributed by atoms with Crippen LogP contribution in [-0.4, -0.2) is 17.6 Å². The monoisotopic (exact) mass is 292 g/mol. The number of aromatic amines is 1. The number of rotatable bonds is 2. The first kappa shape index (κ1) is 11.3. The van der Waals surface area contributed by atoms with Gasteiger partial charge >= 0.3 is 0 Å². The van der Waals surface area contributed by atoms with Crippen LogP contribution in [0, 0.1) is 0 Å². The number of nitrogens with one attached hydrogen (secondary N) is 2. The van der Waals surface area contributed by atoms with Crippen molar-refractivity contribution in [3.63, 3.8) is 0 Å². The van der Waals surface area contributed by atoms with Crippen LogP contribution in [0.3, 0.4) is 0 Å². The van der Waals surface area contributed by atoms with Crippen molar-refractivity contribution in [3.8, 4) is 0 Å². The average molecular weight is 293 g/mol. The number of H-pyrrole nitrogens is 1. The Kier molecular flexibility index (Phi) is 2.97. The van der Waals surface area contributed by atoms with E-state index in [9.17, 15) is 0 Å². The lowest BCUT2D eigenvalue weighted by atomic mass is 9.92. The number of likely N-dealkylation sites (N-methyl/N-ethyl adjacent to an activating group) is 1. The average Bonchev–Trinajstić information content (AvgIpc) is 2.66. The van der Waals surface area contributed by atoms with Crippen molar-refractivity contribution in [2.24, 2.45) is 0 Å². The molecule has 1 atom stereocenters. The highest BCUT2D eigenvalue weighted by molar-refractivity contribution is 9.10. The lowest BCUT2D eigenvalue weighted by Crippen LogP contribution is -2.34. The van der Waals surface area contributed by atoms with Crippen LogP contribution in [0.5, 0.6) is 0 Å². The molecule has 2 nitrogen and oxygen atoms in total. The number of hydrogen-bond acceptors (Lipinski definition) is 1. The second kappa shape index (κ2) is 4.46. The van der Waals surface area contributed by atoms with Crippen LogP contribution in [0.1, 0.15) is 24.6 Å². The van der Waals surface area contributed by atoms with Crippen LogP contribution < -0.4 is 5.32 Å². The van der Waals surface area contributed by atoms with Crippen molar-refractivity contribution in [3.05, 3.63) is 33.9 Å². The molecule has 1 aliphatic carbocycles. The van der Waals surface area contributed by atoms with Crippen LogP contribution in [0.2, 0.25) is 0 Å². The lowest BCUT2D eigenvalue weighted by Gasteiger charge is -2.22. The maximum Gasteiger partial charge on any atom is 0.0459 e. The third-order valence-electron chi connectivity index (χ3n) is 3.64. The quantitative estimate of drug-likeness (QED) is 0.872. The van der Waals surface area contributed by atoms with Gasteiger partial charge in [0.15, 0.2) is 0 Å². The lowest BCUT2D eigenvalue weighted by molar-refractivity contribution is 0.468. The summed E-state index contributed by atoms with van der Waals surface area (Å²) in [6.07, 6.45) is 3.57. The molecule has 1 unspecified atom stereocenters. The molecule has 3 rings (SSSR count). The molecule has 0 saturated heterocycles. The summed E-state index contributed by atoms with van der Waals surface area (Å²) in [4.78, 5) is 3.57. The van der Waals surface area contributed by atoms with Crippen molar-refractivity contribution in [1.29, 1.82) is 0 Å². The van der Waals surface area contributed by atoms with E-state index in [1.54, 1.807) is 0 Å². The maximum atomic E-state index is 3.57. The Balaban J connectivity index is 2.01. The maximum absolute atomic E-state index is 3.57. The van der Waals surface area contributed by atoms with Crippen molar-refractivity contribution >= 4 is 26.8 Å². The molecule has 3 heteroatoms. The largest absolute Gasteiger partial charge is 0.358 e. The minimum Gasteiger partial charge on any atom is -0.358 e. The van der Waals surface area contributed by atoms with Gasteiger partial charge in [-0.2, -0.15) is 0 Å². The summed E-state index contributed by atoms with van der Waals surface area (Å²) in [5.74, 6) is 0. The van der Waals surface area contributed by atoms with Gasteiger partial charge in [0.05, 0.1) is 0 Å². The zero-order valence-corrected chi connectivity index (χ0v) is 11.6. The zero-order valence-electron chi connectivity index (χ0n) is 10.0. The summed E-state index contributed by atoms with van der Waals surface area (Å²) >= 11 is 3.56. The van der Waals surface area contributed by atoms with Gasteiger partial charge in [0.2, 0.25) is 0 Å². The van der Waals surface area contributed by atoms with Crippen LogP contribution in [-0.2, 0) is 12.8 Å². The molecule has 0 saturated carbocycles. The predicted octanol–water partition coefficient (Wildman–Crippen LogP) is 3.40. The van der Waals surface area contributed by atoms with Crippen molar-refractivity contribution < 1.29 is 0 Å². The highest BCUT2D eigenvalue weighted by atomic mass is 79.9. The van der Waals surface area contributed by atoms with Gasteiger partial charge in [0.1, 0.15) is 0 Å². The number of hydrogen-bond donors (Lipinski definition) is 2. The standard InChI is InChI=1S/C14H17BrN2/c1-2-16-10-4-5-11-12-7-9(15)3-6-13(12)17-14(11)8-10/h3,6-7,10,16-17H,2,4-5,8H2,1H3. The topological polar surface area (TPSA) is 27.8 Å². The fourth-order valence-corrected chi connectivity index (χ4v) is 3.23. The second-order valence-electron chi connectivity index (χ2n) is 4.77. The van der Waals surface area contributed by atoms with Gasteiger partial charge in [-0.25, -0.2) is 0 Å². The summed E-state index contributed by atoms with van der Waals surface area (Å²) in [6, 6.07) is 7.15. The van der Waals surface area contributed by atoms with E-state index >= 15 is 0 Å². The number of aryl methyl sites for hydroxylation is 1. The minimum atomic E-state index is 0.643. The molecule has 0 spiro atoms. The Bertz CT molecular complexity index is 544. The molecular weight excluding hydrogens is 276 g/mol. The normalized spacial score (nSPS) is 19.5. The molecule has 1 heterocycles. The molecule has 1 aromatic heterocycles. The SMILES string of the molecule is CCNC1CCc2c([nH]c3ccc(Br)cc23)C1. The summed E-state index contributed by atoms with van der Waals surface area (Å²) in [7, 11) is 0. The zero-order chi connectivity index (χ0) is 11.8. The van der Waals surface area contributed by atoms with Gasteiger partial charge in [0.25, 0.3) is 0 Å².